The zero-order valence-electron chi connectivity index (χ0n) is 24.8. The van der Waals surface area contributed by atoms with Crippen LogP contribution in [0.25, 0.3) is 28.3 Å². The van der Waals surface area contributed by atoms with Gasteiger partial charge in [-0.1, -0.05) is 49.4 Å². The minimum absolute atomic E-state index is 0. The normalized spacial score (nSPS) is 12.6. The van der Waals surface area contributed by atoms with Crippen LogP contribution in [0.2, 0.25) is 0 Å². The molecule has 0 aliphatic carbocycles. The summed E-state index contributed by atoms with van der Waals surface area (Å²) in [6, 6.07) is 18.7. The van der Waals surface area contributed by atoms with E-state index in [-0.39, 0.29) is 47.7 Å². The van der Waals surface area contributed by atoms with Gasteiger partial charge >= 0.3 is 35.5 Å². The second-order valence-electron chi connectivity index (χ2n) is 10.9. The standard InChI is InChI=1S/C35H36F2N2O5.Na.H/c1-4-22-6-5-7-27(18-22)38-35(44)34-33(24-10-14-26(37)15-11-24)32(23-8-12-25(36)13-9-23)30(39(34)21(2)3)17-16-28(40)19-29(41)20-31(42)43;;/h5-18,21,28-29,40-41H,4,19-20H2,1-3H3,(H,38,44)(H,42,43);;/t28-,29-;;/m1../s1. The van der Waals surface area contributed by atoms with Gasteiger partial charge in [0.2, 0.25) is 0 Å². The Morgan fingerprint density at radius 3 is 2.02 bits per heavy atom. The van der Waals surface area contributed by atoms with Gasteiger partial charge < -0.3 is 25.2 Å². The minimum atomic E-state index is -1.27. The third kappa shape index (κ3) is 8.99. The van der Waals surface area contributed by atoms with Crippen LogP contribution in [0.5, 0.6) is 0 Å². The summed E-state index contributed by atoms with van der Waals surface area (Å²) >= 11 is 0. The Labute approximate surface area is 283 Å². The van der Waals surface area contributed by atoms with E-state index in [0.717, 1.165) is 12.0 Å². The van der Waals surface area contributed by atoms with Crippen LogP contribution in [-0.2, 0) is 11.2 Å². The molecule has 232 valence electrons. The molecule has 0 fully saturated rings. The number of aliphatic hydroxyl groups is 2. The summed E-state index contributed by atoms with van der Waals surface area (Å²) in [5.41, 5.74) is 4.56. The third-order valence-corrected chi connectivity index (χ3v) is 7.23. The molecule has 10 heteroatoms. The van der Waals surface area contributed by atoms with Gasteiger partial charge in [0.05, 0.1) is 18.6 Å². The SMILES string of the molecule is CCc1cccc(NC(=O)c2c(-c3ccc(F)cc3)c(-c3ccc(F)cc3)c(C=C[C@@H](O)C[C@@H](O)CC(=O)O)n2C(C)C)c1.[NaH]. The molecule has 1 aromatic heterocycles. The van der Waals surface area contributed by atoms with Crippen molar-refractivity contribution in [3.05, 3.63) is 107 Å². The molecule has 4 aromatic rings. The average molecular weight is 627 g/mol. The molecule has 0 spiro atoms. The van der Waals surface area contributed by atoms with Crippen molar-refractivity contribution in [1.82, 2.24) is 4.57 Å². The van der Waals surface area contributed by atoms with Crippen LogP contribution in [0.15, 0.2) is 78.9 Å². The number of rotatable bonds is 12. The van der Waals surface area contributed by atoms with Crippen molar-refractivity contribution in [2.45, 2.75) is 58.3 Å². The van der Waals surface area contributed by atoms with Crippen molar-refractivity contribution in [2.75, 3.05) is 5.32 Å². The predicted octanol–water partition coefficient (Wildman–Crippen LogP) is 6.45. The molecule has 0 aliphatic rings. The second kappa shape index (κ2) is 16.1. The molecular formula is C35H37F2N2NaO5. The Bertz CT molecular complexity index is 1650. The van der Waals surface area contributed by atoms with Crippen LogP contribution < -0.4 is 5.32 Å². The number of hydrogen-bond acceptors (Lipinski definition) is 4. The summed E-state index contributed by atoms with van der Waals surface area (Å²) in [6.07, 6.45) is 0.598. The van der Waals surface area contributed by atoms with E-state index < -0.39 is 42.1 Å². The maximum atomic E-state index is 14.2. The first-order chi connectivity index (χ1) is 21.0. The Kier molecular flexibility index (Phi) is 12.8. The Balaban J connectivity index is 0.00000552. The number of carbonyl (C=O) groups is 2. The van der Waals surface area contributed by atoms with Crippen LogP contribution in [0.3, 0.4) is 0 Å². The first-order valence-corrected chi connectivity index (χ1v) is 14.4. The van der Waals surface area contributed by atoms with Crippen molar-refractivity contribution >= 4 is 53.2 Å². The second-order valence-corrected chi connectivity index (χ2v) is 10.9. The first kappa shape index (κ1) is 35.9. The molecule has 3 aromatic carbocycles. The molecule has 4 N–H and O–H groups in total. The number of halogens is 2. The van der Waals surface area contributed by atoms with E-state index in [0.29, 0.717) is 33.6 Å². The van der Waals surface area contributed by atoms with E-state index in [1.807, 2.05) is 39.0 Å². The molecule has 1 amide bonds. The number of anilines is 1. The van der Waals surface area contributed by atoms with Gasteiger partial charge in [0, 0.05) is 35.0 Å². The number of aliphatic hydroxyl groups excluding tert-OH is 2. The molecule has 0 aliphatic heterocycles. The van der Waals surface area contributed by atoms with Crippen LogP contribution in [0, 0.1) is 11.6 Å². The van der Waals surface area contributed by atoms with Crippen LogP contribution in [0.4, 0.5) is 14.5 Å². The first-order valence-electron chi connectivity index (χ1n) is 14.4. The fourth-order valence-corrected chi connectivity index (χ4v) is 5.24. The number of aryl methyl sites for hydroxylation is 1. The molecule has 1 heterocycles. The Morgan fingerprint density at radius 1 is 0.911 bits per heavy atom. The van der Waals surface area contributed by atoms with E-state index in [4.69, 9.17) is 5.11 Å². The average Bonchev–Trinajstić information content (AvgIpc) is 3.32. The summed E-state index contributed by atoms with van der Waals surface area (Å²) in [5, 5.41) is 32.7. The molecule has 7 nitrogen and oxygen atoms in total. The van der Waals surface area contributed by atoms with Crippen molar-refractivity contribution in [2.24, 2.45) is 0 Å². The van der Waals surface area contributed by atoms with Crippen molar-refractivity contribution in [3.63, 3.8) is 0 Å². The molecule has 0 bridgehead atoms. The summed E-state index contributed by atoms with van der Waals surface area (Å²) in [4.78, 5) is 25.2. The van der Waals surface area contributed by atoms with Gasteiger partial charge in [-0.3, -0.25) is 9.59 Å². The molecule has 0 saturated carbocycles. The number of aliphatic carboxylic acids is 1. The number of aromatic nitrogens is 1. The molecule has 0 saturated heterocycles. The number of benzene rings is 3. The summed E-state index contributed by atoms with van der Waals surface area (Å²) in [5.74, 6) is -2.52. The monoisotopic (exact) mass is 626 g/mol. The number of carboxylic acid groups (broad SMARTS) is 1. The van der Waals surface area contributed by atoms with E-state index in [2.05, 4.69) is 5.32 Å². The summed E-state index contributed by atoms with van der Waals surface area (Å²) < 4.78 is 29.9. The number of carbonyl (C=O) groups excluding carboxylic acids is 1. The maximum absolute atomic E-state index is 14.2. The van der Waals surface area contributed by atoms with Crippen LogP contribution in [-0.4, -0.2) is 73.5 Å². The van der Waals surface area contributed by atoms with Crippen molar-refractivity contribution < 1.29 is 33.7 Å². The van der Waals surface area contributed by atoms with Gasteiger partial charge in [-0.25, -0.2) is 8.78 Å². The fraction of sp³-hybridized carbons (Fsp3) is 0.257. The zero-order chi connectivity index (χ0) is 32.0. The van der Waals surface area contributed by atoms with E-state index in [1.165, 1.54) is 30.3 Å². The van der Waals surface area contributed by atoms with Gasteiger partial charge in [0.1, 0.15) is 17.3 Å². The number of amides is 1. The molecule has 4 rings (SSSR count). The van der Waals surface area contributed by atoms with Gasteiger partial charge in [0.25, 0.3) is 5.91 Å². The fourth-order valence-electron chi connectivity index (χ4n) is 5.24. The molecule has 2 atom stereocenters. The van der Waals surface area contributed by atoms with E-state index in [9.17, 15) is 28.6 Å². The summed E-state index contributed by atoms with van der Waals surface area (Å²) in [6.45, 7) is 5.80. The van der Waals surface area contributed by atoms with Crippen molar-refractivity contribution in [3.8, 4) is 22.3 Å². The number of nitrogens with zero attached hydrogens (tertiary/aromatic N) is 1. The van der Waals surface area contributed by atoms with Gasteiger partial charge in [-0.15, -0.1) is 0 Å². The zero-order valence-corrected chi connectivity index (χ0v) is 24.8. The van der Waals surface area contributed by atoms with E-state index >= 15 is 0 Å². The van der Waals surface area contributed by atoms with Gasteiger partial charge in [-0.05, 0) is 79.4 Å². The number of nitrogens with one attached hydrogen (secondary N) is 1. The van der Waals surface area contributed by atoms with Gasteiger partial charge in [-0.2, -0.15) is 0 Å². The topological polar surface area (TPSA) is 112 Å². The number of hydrogen-bond donors (Lipinski definition) is 4. The van der Waals surface area contributed by atoms with Crippen LogP contribution >= 0.6 is 0 Å². The summed E-state index contributed by atoms with van der Waals surface area (Å²) in [7, 11) is 0. The Morgan fingerprint density at radius 2 is 1.49 bits per heavy atom. The molecule has 45 heavy (non-hydrogen) atoms. The molecular weight excluding hydrogens is 589 g/mol. The van der Waals surface area contributed by atoms with Gasteiger partial charge in [0.15, 0.2) is 0 Å². The predicted molar refractivity (Wildman–Crippen MR) is 174 cm³/mol. The molecule has 0 radical (unpaired) electrons. The number of carboxylic acids is 1. The van der Waals surface area contributed by atoms with Crippen LogP contribution in [0.1, 0.15) is 61.4 Å². The quantitative estimate of drug-likeness (QED) is 0.135. The van der Waals surface area contributed by atoms with Crippen molar-refractivity contribution in [1.29, 1.82) is 0 Å². The third-order valence-electron chi connectivity index (χ3n) is 7.23. The molecule has 0 unspecified atom stereocenters. The van der Waals surface area contributed by atoms with E-state index in [1.54, 1.807) is 41.0 Å². The Hall–Kier alpha value is -3.60.